The van der Waals surface area contributed by atoms with Gasteiger partial charge >= 0.3 is 6.03 Å². The zero-order chi connectivity index (χ0) is 18.7. The van der Waals surface area contributed by atoms with Gasteiger partial charge in [-0.25, -0.2) is 9.48 Å². The number of para-hydroxylation sites is 1. The minimum Gasteiger partial charge on any atom is -0.308 e. The van der Waals surface area contributed by atoms with E-state index in [1.807, 2.05) is 60.9 Å². The number of hydrogen-bond acceptors (Lipinski definition) is 3. The van der Waals surface area contributed by atoms with E-state index in [4.69, 9.17) is 0 Å². The van der Waals surface area contributed by atoms with Gasteiger partial charge in [0, 0.05) is 17.6 Å². The molecule has 1 aromatic heterocycles. The van der Waals surface area contributed by atoms with Gasteiger partial charge in [0.05, 0.1) is 11.4 Å². The lowest BCUT2D eigenvalue weighted by atomic mass is 10.3. The van der Waals surface area contributed by atoms with Crippen LogP contribution in [-0.2, 0) is 7.05 Å². The Hall–Kier alpha value is -2.93. The van der Waals surface area contributed by atoms with E-state index in [-0.39, 0.29) is 11.2 Å². The number of thioether (sulfide) groups is 1. The topological polar surface area (TPSA) is 68.1 Å². The molecule has 26 heavy (non-hydrogen) atoms. The average molecular weight is 368 g/mol. The first-order chi connectivity index (χ1) is 12.5. The molecule has 0 bridgehead atoms. The number of rotatable bonds is 4. The lowest BCUT2D eigenvalue weighted by molar-refractivity contribution is 0.262. The number of benzene rings is 2. The number of nitrogens with one attached hydrogen (secondary N) is 2. The van der Waals surface area contributed by atoms with Crippen molar-refractivity contribution in [1.29, 1.82) is 0 Å². The molecule has 3 rings (SSSR count). The molecule has 6 nitrogen and oxygen atoms in total. The van der Waals surface area contributed by atoms with Gasteiger partial charge in [-0.05, 0) is 49.6 Å². The van der Waals surface area contributed by atoms with Gasteiger partial charge in [0.25, 0.3) is 5.56 Å². The molecule has 0 saturated carbocycles. The standard InChI is InChI=1S/C19H20N4O2S/c1-13-17(18(24)23(22(13)2)15-7-5-4-6-8-15)21-19(25)20-14-9-11-16(26-3)12-10-14/h4-12H,1-3H3,(H2,20,21,25). The molecule has 0 fully saturated rings. The number of urea groups is 1. The highest BCUT2D eigenvalue weighted by molar-refractivity contribution is 7.98. The van der Waals surface area contributed by atoms with Crippen molar-refractivity contribution in [2.24, 2.45) is 7.05 Å². The van der Waals surface area contributed by atoms with Crippen molar-refractivity contribution < 1.29 is 4.79 Å². The Bertz CT molecular complexity index is 975. The van der Waals surface area contributed by atoms with Crippen molar-refractivity contribution in [3.63, 3.8) is 0 Å². The predicted molar refractivity (Wildman–Crippen MR) is 107 cm³/mol. The third-order valence-corrected chi connectivity index (χ3v) is 4.88. The summed E-state index contributed by atoms with van der Waals surface area (Å²) in [7, 11) is 1.79. The number of aromatic nitrogens is 2. The van der Waals surface area contributed by atoms with Crippen molar-refractivity contribution in [1.82, 2.24) is 9.36 Å². The van der Waals surface area contributed by atoms with Gasteiger partial charge in [-0.2, -0.15) is 0 Å². The van der Waals surface area contributed by atoms with E-state index in [0.29, 0.717) is 11.4 Å². The lowest BCUT2D eigenvalue weighted by Gasteiger charge is -2.07. The number of carbonyl (C=O) groups excluding carboxylic acids is 1. The molecule has 2 amide bonds. The van der Waals surface area contributed by atoms with Gasteiger partial charge in [0.15, 0.2) is 0 Å². The van der Waals surface area contributed by atoms with Crippen molar-refractivity contribution in [3.8, 4) is 5.69 Å². The van der Waals surface area contributed by atoms with Crippen LogP contribution in [-0.4, -0.2) is 21.7 Å². The first kappa shape index (κ1) is 17.9. The summed E-state index contributed by atoms with van der Waals surface area (Å²) in [6, 6.07) is 16.4. The van der Waals surface area contributed by atoms with Crippen LogP contribution >= 0.6 is 11.8 Å². The van der Waals surface area contributed by atoms with Crippen molar-refractivity contribution >= 4 is 29.2 Å². The molecule has 0 atom stereocenters. The maximum Gasteiger partial charge on any atom is 0.323 e. The highest BCUT2D eigenvalue weighted by atomic mass is 32.2. The highest BCUT2D eigenvalue weighted by Gasteiger charge is 2.18. The van der Waals surface area contributed by atoms with Gasteiger partial charge in [0.2, 0.25) is 0 Å². The van der Waals surface area contributed by atoms with Gasteiger partial charge in [-0.3, -0.25) is 9.48 Å². The van der Waals surface area contributed by atoms with E-state index in [1.54, 1.807) is 30.4 Å². The van der Waals surface area contributed by atoms with Gasteiger partial charge in [-0.1, -0.05) is 18.2 Å². The average Bonchev–Trinajstić information content (AvgIpc) is 2.86. The minimum atomic E-state index is -0.451. The Morgan fingerprint density at radius 2 is 1.65 bits per heavy atom. The van der Waals surface area contributed by atoms with E-state index in [1.165, 1.54) is 4.68 Å². The fourth-order valence-corrected chi connectivity index (χ4v) is 3.07. The molecular formula is C19H20N4O2S. The second-order valence-corrected chi connectivity index (χ2v) is 6.62. The van der Waals surface area contributed by atoms with E-state index >= 15 is 0 Å². The summed E-state index contributed by atoms with van der Waals surface area (Å²) in [5.74, 6) is 0. The van der Waals surface area contributed by atoms with E-state index < -0.39 is 6.03 Å². The van der Waals surface area contributed by atoms with Crippen LogP contribution in [0.3, 0.4) is 0 Å². The zero-order valence-corrected chi connectivity index (χ0v) is 15.6. The first-order valence-corrected chi connectivity index (χ1v) is 9.30. The molecule has 0 spiro atoms. The molecule has 0 unspecified atom stereocenters. The Morgan fingerprint density at radius 1 is 1.00 bits per heavy atom. The lowest BCUT2D eigenvalue weighted by Crippen LogP contribution is -2.25. The molecule has 7 heteroatoms. The number of hydrogen-bond donors (Lipinski definition) is 2. The van der Waals surface area contributed by atoms with Crippen LogP contribution in [0, 0.1) is 6.92 Å². The summed E-state index contributed by atoms with van der Waals surface area (Å²) in [5, 5.41) is 5.43. The Kier molecular flexibility index (Phi) is 5.18. The SMILES string of the molecule is CSc1ccc(NC(=O)Nc2c(C)n(C)n(-c3ccccc3)c2=O)cc1. The van der Waals surface area contributed by atoms with Crippen LogP contribution in [0.15, 0.2) is 64.3 Å². The summed E-state index contributed by atoms with van der Waals surface area (Å²) in [4.78, 5) is 26.2. The van der Waals surface area contributed by atoms with Gasteiger partial charge in [-0.15, -0.1) is 11.8 Å². The molecule has 0 aliphatic rings. The number of anilines is 2. The van der Waals surface area contributed by atoms with Crippen LogP contribution < -0.4 is 16.2 Å². The largest absolute Gasteiger partial charge is 0.323 e. The molecule has 0 radical (unpaired) electrons. The number of nitrogens with zero attached hydrogens (tertiary/aromatic N) is 2. The number of amides is 2. The van der Waals surface area contributed by atoms with Crippen LogP contribution in [0.5, 0.6) is 0 Å². The summed E-state index contributed by atoms with van der Waals surface area (Å²) in [6.45, 7) is 1.80. The molecule has 0 saturated heterocycles. The van der Waals surface area contributed by atoms with Gasteiger partial charge in [0.1, 0.15) is 5.69 Å². The summed E-state index contributed by atoms with van der Waals surface area (Å²) < 4.78 is 3.25. The fraction of sp³-hybridized carbons (Fsp3) is 0.158. The van der Waals surface area contributed by atoms with Crippen LogP contribution in [0.2, 0.25) is 0 Å². The predicted octanol–water partition coefficient (Wildman–Crippen LogP) is 3.85. The molecule has 3 aromatic rings. The Balaban J connectivity index is 1.83. The van der Waals surface area contributed by atoms with Crippen molar-refractivity contribution in [2.75, 3.05) is 16.9 Å². The molecule has 0 aliphatic heterocycles. The maximum atomic E-state index is 12.8. The molecular weight excluding hydrogens is 348 g/mol. The normalized spacial score (nSPS) is 10.6. The third-order valence-electron chi connectivity index (χ3n) is 4.14. The van der Waals surface area contributed by atoms with E-state index in [9.17, 15) is 9.59 Å². The smallest absolute Gasteiger partial charge is 0.308 e. The first-order valence-electron chi connectivity index (χ1n) is 8.07. The van der Waals surface area contributed by atoms with E-state index in [2.05, 4.69) is 10.6 Å². The second-order valence-electron chi connectivity index (χ2n) is 5.74. The second kappa shape index (κ2) is 7.53. The quantitative estimate of drug-likeness (QED) is 0.687. The van der Waals surface area contributed by atoms with Crippen LogP contribution in [0.25, 0.3) is 5.69 Å². The molecule has 0 aliphatic carbocycles. The molecule has 2 N–H and O–H groups in total. The Labute approximate surface area is 155 Å². The van der Waals surface area contributed by atoms with Crippen LogP contribution in [0.4, 0.5) is 16.2 Å². The van der Waals surface area contributed by atoms with E-state index in [0.717, 1.165) is 10.6 Å². The molecule has 2 aromatic carbocycles. The highest BCUT2D eigenvalue weighted by Crippen LogP contribution is 2.18. The summed E-state index contributed by atoms with van der Waals surface area (Å²) >= 11 is 1.63. The number of carbonyl (C=O) groups is 1. The van der Waals surface area contributed by atoms with Gasteiger partial charge < -0.3 is 10.6 Å². The summed E-state index contributed by atoms with van der Waals surface area (Å²) in [6.07, 6.45) is 1.99. The molecule has 134 valence electrons. The Morgan fingerprint density at radius 3 is 2.27 bits per heavy atom. The summed E-state index contributed by atoms with van der Waals surface area (Å²) in [5.41, 5.74) is 2.06. The van der Waals surface area contributed by atoms with Crippen molar-refractivity contribution in [2.45, 2.75) is 11.8 Å². The van der Waals surface area contributed by atoms with Crippen molar-refractivity contribution in [3.05, 3.63) is 70.6 Å². The third kappa shape index (κ3) is 3.52. The fourth-order valence-electron chi connectivity index (χ4n) is 2.66. The maximum absolute atomic E-state index is 12.8. The minimum absolute atomic E-state index is 0.259. The monoisotopic (exact) mass is 368 g/mol. The molecule has 1 heterocycles. The zero-order valence-electron chi connectivity index (χ0n) is 14.8. The van der Waals surface area contributed by atoms with Crippen LogP contribution in [0.1, 0.15) is 5.69 Å².